The second-order valence-electron chi connectivity index (χ2n) is 6.64. The minimum atomic E-state index is -0.483. The van der Waals surface area contributed by atoms with Crippen molar-refractivity contribution in [1.82, 2.24) is 15.3 Å². The van der Waals surface area contributed by atoms with Crippen LogP contribution >= 0.6 is 0 Å². The lowest BCUT2D eigenvalue weighted by atomic mass is 10.0. The second-order valence-corrected chi connectivity index (χ2v) is 6.64. The van der Waals surface area contributed by atoms with Gasteiger partial charge >= 0.3 is 0 Å². The molecule has 4 N–H and O–H groups in total. The third kappa shape index (κ3) is 3.33. The molecule has 8 nitrogen and oxygen atoms in total. The number of rotatable bonds is 5. The molecule has 138 valence electrons. The molecule has 1 aliphatic rings. The summed E-state index contributed by atoms with van der Waals surface area (Å²) in [5.74, 6) is -0.0419. The number of amides is 2. The van der Waals surface area contributed by atoms with Gasteiger partial charge in [0.1, 0.15) is 6.61 Å². The quantitative estimate of drug-likeness (QED) is 0.575. The molecule has 0 bridgehead atoms. The Labute approximate surface area is 153 Å². The van der Waals surface area contributed by atoms with Crippen LogP contribution in [-0.4, -0.2) is 34.4 Å². The van der Waals surface area contributed by atoms with E-state index in [4.69, 9.17) is 10.5 Å². The lowest BCUT2D eigenvalue weighted by molar-refractivity contribution is -0.119. The zero-order valence-corrected chi connectivity index (χ0v) is 14.5. The lowest BCUT2D eigenvalue weighted by Crippen LogP contribution is -2.31. The summed E-state index contributed by atoms with van der Waals surface area (Å²) in [5.41, 5.74) is 5.72. The van der Waals surface area contributed by atoms with Crippen LogP contribution in [0.4, 0.5) is 0 Å². The van der Waals surface area contributed by atoms with E-state index in [1.54, 1.807) is 24.4 Å². The lowest BCUT2D eigenvalue weighted by Gasteiger charge is -2.13. The second kappa shape index (κ2) is 6.71. The maximum atomic E-state index is 12.2. The standard InChI is InChI=1S/C19H18N4O4/c20-16(24)6-11-8-22-18(26)15-5-10-3-4-21-19(14(10)7-13(11)15)27-9-12-1-2-17(25)23-12/h3-5,7-8,12H,1-2,6,9H2,(H2,20,24)(H,22,26)(H,23,25)/t12-/m0/s1. The van der Waals surface area contributed by atoms with Crippen molar-refractivity contribution < 1.29 is 14.3 Å². The predicted octanol–water partition coefficient (Wildman–Crippen LogP) is 0.761. The van der Waals surface area contributed by atoms with Crippen molar-refractivity contribution in [1.29, 1.82) is 0 Å². The van der Waals surface area contributed by atoms with Gasteiger partial charge in [-0.2, -0.15) is 0 Å². The van der Waals surface area contributed by atoms with Crippen LogP contribution in [0, 0.1) is 0 Å². The molecule has 2 aromatic heterocycles. The van der Waals surface area contributed by atoms with Crippen molar-refractivity contribution in [3.8, 4) is 5.88 Å². The van der Waals surface area contributed by atoms with Gasteiger partial charge in [0.15, 0.2) is 0 Å². The molecule has 1 atom stereocenters. The number of pyridine rings is 2. The molecule has 27 heavy (non-hydrogen) atoms. The van der Waals surface area contributed by atoms with Crippen LogP contribution in [-0.2, 0) is 16.0 Å². The molecule has 0 radical (unpaired) electrons. The number of hydrogen-bond donors (Lipinski definition) is 3. The Balaban J connectivity index is 1.77. The van der Waals surface area contributed by atoms with E-state index in [2.05, 4.69) is 15.3 Å². The number of nitrogens with two attached hydrogens (primary N) is 1. The summed E-state index contributed by atoms with van der Waals surface area (Å²) in [6.07, 6.45) is 4.36. The van der Waals surface area contributed by atoms with Gasteiger partial charge in [0, 0.05) is 29.6 Å². The van der Waals surface area contributed by atoms with Crippen LogP contribution in [0.3, 0.4) is 0 Å². The molecule has 4 rings (SSSR count). The van der Waals surface area contributed by atoms with E-state index in [-0.39, 0.29) is 23.9 Å². The monoisotopic (exact) mass is 366 g/mol. The van der Waals surface area contributed by atoms with E-state index in [9.17, 15) is 14.4 Å². The van der Waals surface area contributed by atoms with Gasteiger partial charge in [0.25, 0.3) is 5.56 Å². The van der Waals surface area contributed by atoms with Crippen molar-refractivity contribution in [2.24, 2.45) is 5.73 Å². The first-order chi connectivity index (χ1) is 13.0. The number of nitrogens with one attached hydrogen (secondary N) is 2. The van der Waals surface area contributed by atoms with Gasteiger partial charge in [0.2, 0.25) is 17.7 Å². The van der Waals surface area contributed by atoms with E-state index >= 15 is 0 Å². The topological polar surface area (TPSA) is 127 Å². The fourth-order valence-corrected chi connectivity index (χ4v) is 3.39. The summed E-state index contributed by atoms with van der Waals surface area (Å²) in [6, 6.07) is 5.30. The first-order valence-electron chi connectivity index (χ1n) is 8.65. The van der Waals surface area contributed by atoms with Crippen molar-refractivity contribution in [2.75, 3.05) is 6.61 Å². The number of aromatic nitrogens is 2. The summed E-state index contributed by atoms with van der Waals surface area (Å²) >= 11 is 0. The molecule has 0 spiro atoms. The molecular formula is C19H18N4O4. The van der Waals surface area contributed by atoms with E-state index < -0.39 is 5.91 Å². The predicted molar refractivity (Wildman–Crippen MR) is 99.4 cm³/mol. The Morgan fingerprint density at radius 2 is 2.11 bits per heavy atom. The summed E-state index contributed by atoms with van der Waals surface area (Å²) in [4.78, 5) is 41.8. The fourth-order valence-electron chi connectivity index (χ4n) is 3.39. The average Bonchev–Trinajstić information content (AvgIpc) is 3.06. The third-order valence-electron chi connectivity index (χ3n) is 4.70. The van der Waals surface area contributed by atoms with Gasteiger partial charge in [-0.3, -0.25) is 14.4 Å². The Morgan fingerprint density at radius 3 is 2.85 bits per heavy atom. The van der Waals surface area contributed by atoms with Crippen molar-refractivity contribution >= 4 is 33.4 Å². The fraction of sp³-hybridized carbons (Fsp3) is 0.263. The molecule has 0 saturated carbocycles. The highest BCUT2D eigenvalue weighted by Gasteiger charge is 2.21. The van der Waals surface area contributed by atoms with Gasteiger partial charge in [-0.05, 0) is 41.0 Å². The SMILES string of the molecule is NC(=O)Cc1c[nH]c(=O)c2cc3ccnc(OC[C@@H]4CCC(=O)N4)c3cc12. The summed E-state index contributed by atoms with van der Waals surface area (Å²) in [7, 11) is 0. The molecule has 1 fully saturated rings. The van der Waals surface area contributed by atoms with Gasteiger partial charge in [-0.25, -0.2) is 4.98 Å². The van der Waals surface area contributed by atoms with Gasteiger partial charge in [-0.15, -0.1) is 0 Å². The molecule has 1 saturated heterocycles. The molecule has 3 heterocycles. The van der Waals surface area contributed by atoms with E-state index in [0.29, 0.717) is 35.2 Å². The first kappa shape index (κ1) is 17.0. The van der Waals surface area contributed by atoms with Crippen LogP contribution in [0.5, 0.6) is 5.88 Å². The number of hydrogen-bond acceptors (Lipinski definition) is 5. The minimum Gasteiger partial charge on any atom is -0.475 e. The highest BCUT2D eigenvalue weighted by Crippen LogP contribution is 2.29. The van der Waals surface area contributed by atoms with Crippen LogP contribution in [0.15, 0.2) is 35.4 Å². The van der Waals surface area contributed by atoms with Gasteiger partial charge in [-0.1, -0.05) is 0 Å². The number of carbonyl (C=O) groups is 2. The maximum absolute atomic E-state index is 12.2. The molecule has 0 unspecified atom stereocenters. The normalized spacial score (nSPS) is 16.6. The van der Waals surface area contributed by atoms with Crippen LogP contribution in [0.2, 0.25) is 0 Å². The smallest absolute Gasteiger partial charge is 0.255 e. The van der Waals surface area contributed by atoms with E-state index in [1.165, 1.54) is 6.20 Å². The van der Waals surface area contributed by atoms with Gasteiger partial charge in [0.05, 0.1) is 12.5 Å². The summed E-state index contributed by atoms with van der Waals surface area (Å²) in [6.45, 7) is 0.319. The van der Waals surface area contributed by atoms with Gasteiger partial charge < -0.3 is 20.8 Å². The summed E-state index contributed by atoms with van der Waals surface area (Å²) < 4.78 is 5.85. The van der Waals surface area contributed by atoms with Crippen molar-refractivity contribution in [2.45, 2.75) is 25.3 Å². The first-order valence-corrected chi connectivity index (χ1v) is 8.65. The molecule has 1 aliphatic heterocycles. The van der Waals surface area contributed by atoms with Crippen LogP contribution < -0.4 is 21.3 Å². The number of aromatic amines is 1. The number of benzene rings is 1. The molecule has 2 amide bonds. The number of H-pyrrole nitrogens is 1. The zero-order valence-electron chi connectivity index (χ0n) is 14.5. The number of carbonyl (C=O) groups excluding carboxylic acids is 2. The number of fused-ring (bicyclic) bond motifs is 2. The summed E-state index contributed by atoms with van der Waals surface area (Å²) in [5, 5.41) is 5.48. The Hall–Kier alpha value is -3.42. The van der Waals surface area contributed by atoms with Crippen LogP contribution in [0.1, 0.15) is 18.4 Å². The Kier molecular flexibility index (Phi) is 4.23. The minimum absolute atomic E-state index is 0.0172. The Bertz CT molecular complexity index is 1120. The zero-order chi connectivity index (χ0) is 19.0. The highest BCUT2D eigenvalue weighted by atomic mass is 16.5. The van der Waals surface area contributed by atoms with Crippen LogP contribution in [0.25, 0.3) is 21.5 Å². The molecule has 8 heteroatoms. The van der Waals surface area contributed by atoms with E-state index in [0.717, 1.165) is 17.2 Å². The van der Waals surface area contributed by atoms with Crippen molar-refractivity contribution in [3.63, 3.8) is 0 Å². The Morgan fingerprint density at radius 1 is 1.26 bits per heavy atom. The largest absolute Gasteiger partial charge is 0.475 e. The van der Waals surface area contributed by atoms with Crippen molar-refractivity contribution in [3.05, 3.63) is 46.5 Å². The number of nitrogens with zero attached hydrogens (tertiary/aromatic N) is 1. The third-order valence-corrected chi connectivity index (χ3v) is 4.70. The number of ether oxygens (including phenoxy) is 1. The number of primary amides is 1. The average molecular weight is 366 g/mol. The molecule has 0 aliphatic carbocycles. The molecule has 1 aromatic carbocycles. The maximum Gasteiger partial charge on any atom is 0.255 e. The van der Waals surface area contributed by atoms with E-state index in [1.807, 2.05) is 0 Å². The highest BCUT2D eigenvalue weighted by molar-refractivity contribution is 6.01. The molecular weight excluding hydrogens is 348 g/mol. The molecule has 3 aromatic rings.